The van der Waals surface area contributed by atoms with Gasteiger partial charge in [0.2, 0.25) is 0 Å². The Hall–Kier alpha value is -7.23. The van der Waals surface area contributed by atoms with E-state index in [4.69, 9.17) is 4.98 Å². The molecular formula is C51H33N3. The third-order valence-electron chi connectivity index (χ3n) is 10.9. The van der Waals surface area contributed by atoms with Crippen molar-refractivity contribution in [2.75, 3.05) is 4.90 Å². The first-order chi connectivity index (χ1) is 26.8. The lowest BCUT2D eigenvalue weighted by molar-refractivity contribution is 1.18. The van der Waals surface area contributed by atoms with E-state index >= 15 is 0 Å². The molecule has 8 aromatic carbocycles. The van der Waals surface area contributed by atoms with Gasteiger partial charge in [-0.05, 0) is 88.8 Å². The molecule has 0 amide bonds. The van der Waals surface area contributed by atoms with Gasteiger partial charge in [-0.15, -0.1) is 0 Å². The van der Waals surface area contributed by atoms with Crippen LogP contribution in [0.2, 0.25) is 0 Å². The number of pyridine rings is 1. The van der Waals surface area contributed by atoms with Gasteiger partial charge in [-0.25, -0.2) is 4.98 Å². The Labute approximate surface area is 313 Å². The van der Waals surface area contributed by atoms with Crippen molar-refractivity contribution in [2.45, 2.75) is 0 Å². The van der Waals surface area contributed by atoms with E-state index < -0.39 is 0 Å². The third-order valence-corrected chi connectivity index (χ3v) is 10.9. The number of anilines is 3. The highest BCUT2D eigenvalue weighted by molar-refractivity contribution is 6.19. The maximum absolute atomic E-state index is 5.30. The minimum absolute atomic E-state index is 0.949. The number of hydrogen-bond acceptors (Lipinski definition) is 2. The smallest absolute Gasteiger partial charge is 0.0715 e. The van der Waals surface area contributed by atoms with Crippen molar-refractivity contribution < 1.29 is 0 Å². The lowest BCUT2D eigenvalue weighted by atomic mass is 9.89. The van der Waals surface area contributed by atoms with Gasteiger partial charge in [-0.1, -0.05) is 133 Å². The van der Waals surface area contributed by atoms with Crippen molar-refractivity contribution in [1.29, 1.82) is 0 Å². The van der Waals surface area contributed by atoms with Crippen LogP contribution >= 0.6 is 0 Å². The highest BCUT2D eigenvalue weighted by Gasteiger charge is 2.28. The molecule has 0 spiro atoms. The molecule has 0 radical (unpaired) electrons. The minimum Gasteiger partial charge on any atom is -0.309 e. The second-order valence-electron chi connectivity index (χ2n) is 14.0. The van der Waals surface area contributed by atoms with Crippen LogP contribution in [0.3, 0.4) is 0 Å². The molecule has 1 aliphatic heterocycles. The zero-order valence-electron chi connectivity index (χ0n) is 29.4. The molecule has 2 aromatic heterocycles. The van der Waals surface area contributed by atoms with Gasteiger partial charge in [-0.3, -0.25) is 0 Å². The van der Waals surface area contributed by atoms with Crippen molar-refractivity contribution in [3.05, 3.63) is 200 Å². The van der Waals surface area contributed by atoms with Gasteiger partial charge in [-0.2, -0.15) is 0 Å². The zero-order valence-corrected chi connectivity index (χ0v) is 29.4. The zero-order chi connectivity index (χ0) is 35.6. The van der Waals surface area contributed by atoms with E-state index in [1.807, 2.05) is 0 Å². The summed E-state index contributed by atoms with van der Waals surface area (Å²) in [5.74, 6) is 0. The molecule has 10 aromatic rings. The average molecular weight is 688 g/mol. The van der Waals surface area contributed by atoms with Crippen molar-refractivity contribution >= 4 is 49.6 Å². The molecule has 11 rings (SSSR count). The summed E-state index contributed by atoms with van der Waals surface area (Å²) in [5, 5.41) is 4.92. The topological polar surface area (TPSA) is 21.1 Å². The van der Waals surface area contributed by atoms with E-state index in [1.165, 1.54) is 49.6 Å². The van der Waals surface area contributed by atoms with Crippen LogP contribution in [-0.4, -0.2) is 9.55 Å². The van der Waals surface area contributed by atoms with Crippen LogP contribution in [0.1, 0.15) is 0 Å². The summed E-state index contributed by atoms with van der Waals surface area (Å²) in [5.41, 5.74) is 15.9. The Morgan fingerprint density at radius 1 is 0.352 bits per heavy atom. The van der Waals surface area contributed by atoms with Crippen LogP contribution in [0.5, 0.6) is 0 Å². The Balaban J connectivity index is 1.20. The Morgan fingerprint density at radius 2 is 0.963 bits per heavy atom. The van der Waals surface area contributed by atoms with Gasteiger partial charge in [0, 0.05) is 44.2 Å². The fraction of sp³-hybridized carbons (Fsp3) is 0. The molecule has 0 saturated heterocycles. The molecule has 0 atom stereocenters. The number of para-hydroxylation sites is 2. The van der Waals surface area contributed by atoms with Crippen LogP contribution in [0.4, 0.5) is 17.1 Å². The molecule has 252 valence electrons. The third kappa shape index (κ3) is 4.79. The molecule has 1 aliphatic rings. The second-order valence-corrected chi connectivity index (χ2v) is 14.0. The normalized spacial score (nSPS) is 12.0. The van der Waals surface area contributed by atoms with E-state index in [0.717, 1.165) is 50.5 Å². The van der Waals surface area contributed by atoms with Crippen molar-refractivity contribution in [3.63, 3.8) is 0 Å². The summed E-state index contributed by atoms with van der Waals surface area (Å²) in [6.45, 7) is 0. The summed E-state index contributed by atoms with van der Waals surface area (Å²) in [4.78, 5) is 7.74. The van der Waals surface area contributed by atoms with Gasteiger partial charge in [0.25, 0.3) is 0 Å². The summed E-state index contributed by atoms with van der Waals surface area (Å²) in [6.07, 6.45) is 0. The van der Waals surface area contributed by atoms with Gasteiger partial charge >= 0.3 is 0 Å². The molecule has 0 bridgehead atoms. The lowest BCUT2D eigenvalue weighted by Crippen LogP contribution is -2.15. The van der Waals surface area contributed by atoms with Crippen LogP contribution in [-0.2, 0) is 0 Å². The van der Waals surface area contributed by atoms with Crippen LogP contribution in [0, 0.1) is 0 Å². The van der Waals surface area contributed by atoms with Crippen molar-refractivity contribution in [2.24, 2.45) is 0 Å². The number of aromatic nitrogens is 2. The van der Waals surface area contributed by atoms with E-state index in [-0.39, 0.29) is 0 Å². The van der Waals surface area contributed by atoms with Crippen LogP contribution in [0.15, 0.2) is 200 Å². The molecule has 0 aliphatic carbocycles. The number of hydrogen-bond donors (Lipinski definition) is 0. The van der Waals surface area contributed by atoms with E-state index in [9.17, 15) is 0 Å². The predicted octanol–water partition coefficient (Wildman–Crippen LogP) is 13.8. The van der Waals surface area contributed by atoms with Gasteiger partial charge in [0.15, 0.2) is 0 Å². The molecule has 3 heteroatoms. The minimum atomic E-state index is 0.949. The maximum atomic E-state index is 5.30. The van der Waals surface area contributed by atoms with Crippen molar-refractivity contribution in [1.82, 2.24) is 9.55 Å². The van der Waals surface area contributed by atoms with Gasteiger partial charge in [0.05, 0.1) is 33.8 Å². The van der Waals surface area contributed by atoms with Gasteiger partial charge < -0.3 is 9.47 Å². The SMILES string of the molecule is c1ccc(-c2cc(-c3ccccc3)nc(-c3ccc4c(c3)c3cc5c(cc3n4-c3ccccc3)N(c3ccccc3)c3cccc4cccc-5c34)c2)cc1. The van der Waals surface area contributed by atoms with Gasteiger partial charge in [0.1, 0.15) is 0 Å². The highest BCUT2D eigenvalue weighted by Crippen LogP contribution is 2.53. The fourth-order valence-electron chi connectivity index (χ4n) is 8.42. The van der Waals surface area contributed by atoms with Crippen LogP contribution < -0.4 is 4.90 Å². The molecule has 3 heterocycles. The summed E-state index contributed by atoms with van der Waals surface area (Å²) in [7, 11) is 0. The van der Waals surface area contributed by atoms with Crippen molar-refractivity contribution in [3.8, 4) is 50.5 Å². The maximum Gasteiger partial charge on any atom is 0.0715 e. The largest absolute Gasteiger partial charge is 0.309 e. The molecule has 0 unspecified atom stereocenters. The standard InChI is InChI=1S/C51H33N3/c1-5-15-34(16-6-1)38-30-45(35-17-7-2-8-18-35)52-46(31-38)37-27-28-47-42(29-37)44-32-43-41-25-13-19-36-20-14-26-48(51(36)41)54(40-23-11-4-12-24-40)49(43)33-50(44)53(47)39-21-9-3-10-22-39/h1-33H. The number of benzene rings is 8. The first-order valence-corrected chi connectivity index (χ1v) is 18.5. The highest BCUT2D eigenvalue weighted by atomic mass is 15.2. The van der Waals surface area contributed by atoms with E-state index in [2.05, 4.69) is 210 Å². The molecule has 0 fully saturated rings. The quantitative estimate of drug-likeness (QED) is 0.180. The Kier molecular flexibility index (Phi) is 6.86. The molecule has 54 heavy (non-hydrogen) atoms. The first-order valence-electron chi connectivity index (χ1n) is 18.5. The first kappa shape index (κ1) is 30.4. The fourth-order valence-corrected chi connectivity index (χ4v) is 8.42. The van der Waals surface area contributed by atoms with E-state index in [0.29, 0.717) is 0 Å². The molecule has 0 N–H and O–H groups in total. The summed E-state index contributed by atoms with van der Waals surface area (Å²) >= 11 is 0. The molecule has 3 nitrogen and oxygen atoms in total. The molecular weight excluding hydrogens is 655 g/mol. The summed E-state index contributed by atoms with van der Waals surface area (Å²) in [6, 6.07) is 72.1. The number of fused-ring (bicyclic) bond motifs is 5. The predicted molar refractivity (Wildman–Crippen MR) is 226 cm³/mol. The average Bonchev–Trinajstić information content (AvgIpc) is 3.57. The molecule has 0 saturated carbocycles. The number of rotatable bonds is 5. The summed E-state index contributed by atoms with van der Waals surface area (Å²) < 4.78 is 2.42. The second kappa shape index (κ2) is 12.2. The Morgan fingerprint density at radius 3 is 1.69 bits per heavy atom. The van der Waals surface area contributed by atoms with Crippen LogP contribution in [0.25, 0.3) is 83.0 Å². The Bertz CT molecular complexity index is 2960. The number of nitrogens with zero attached hydrogens (tertiary/aromatic N) is 3. The van der Waals surface area contributed by atoms with E-state index in [1.54, 1.807) is 0 Å². The monoisotopic (exact) mass is 687 g/mol. The lowest BCUT2D eigenvalue weighted by Gasteiger charge is -2.33.